The van der Waals surface area contributed by atoms with Crippen molar-refractivity contribution in [1.29, 1.82) is 0 Å². The van der Waals surface area contributed by atoms with Crippen molar-refractivity contribution >= 4 is 17.8 Å². The number of unbranched alkanes of at least 4 members (excludes halogenated alkanes) is 2. The van der Waals surface area contributed by atoms with E-state index in [0.29, 0.717) is 13.2 Å². The van der Waals surface area contributed by atoms with Crippen molar-refractivity contribution in [2.45, 2.75) is 39.5 Å². The van der Waals surface area contributed by atoms with Crippen molar-refractivity contribution in [3.8, 4) is 0 Å². The maximum Gasteiger partial charge on any atom is 0.235 e. The number of rotatable bonds is 17. The van der Waals surface area contributed by atoms with Crippen LogP contribution in [-0.2, 0) is 9.47 Å². The van der Waals surface area contributed by atoms with Crippen LogP contribution in [0.3, 0.4) is 0 Å². The average molecular weight is 418 g/mol. The van der Waals surface area contributed by atoms with E-state index >= 15 is 0 Å². The molecule has 0 fully saturated rings. The predicted octanol–water partition coefficient (Wildman–Crippen LogP) is -0.362. The van der Waals surface area contributed by atoms with Crippen molar-refractivity contribution in [2.24, 2.45) is 0 Å². The molecule has 12 heteroatoms. The van der Waals surface area contributed by atoms with Crippen molar-refractivity contribution in [3.05, 3.63) is 0 Å². The highest BCUT2D eigenvalue weighted by Crippen LogP contribution is 2.19. The molecule has 1 rings (SSSR count). The molecule has 0 bridgehead atoms. The molecule has 0 atom stereocenters. The van der Waals surface area contributed by atoms with Gasteiger partial charge in [-0.3, -0.25) is 14.7 Å². The third-order valence-corrected chi connectivity index (χ3v) is 3.91. The lowest BCUT2D eigenvalue weighted by Crippen LogP contribution is -2.35. The van der Waals surface area contributed by atoms with Crippen LogP contribution in [0.1, 0.15) is 39.5 Å². The molecule has 0 spiro atoms. The van der Waals surface area contributed by atoms with Gasteiger partial charge >= 0.3 is 0 Å². The molecular formula is C17H34N6O6. The molecule has 0 unspecified atom stereocenters. The Morgan fingerprint density at radius 2 is 0.966 bits per heavy atom. The summed E-state index contributed by atoms with van der Waals surface area (Å²) in [5.74, 6) is 0.125. The summed E-state index contributed by atoms with van der Waals surface area (Å²) in [6, 6.07) is 0. The van der Waals surface area contributed by atoms with Crippen LogP contribution in [0.2, 0.25) is 0 Å². The minimum atomic E-state index is -0.530. The van der Waals surface area contributed by atoms with Crippen molar-refractivity contribution in [3.63, 3.8) is 0 Å². The van der Waals surface area contributed by atoms with Crippen LogP contribution < -0.4 is 14.7 Å². The van der Waals surface area contributed by atoms with E-state index in [1.54, 1.807) is 4.90 Å². The Morgan fingerprint density at radius 3 is 1.28 bits per heavy atom. The Labute approximate surface area is 171 Å². The van der Waals surface area contributed by atoms with Gasteiger partial charge in [0.15, 0.2) is 0 Å². The highest BCUT2D eigenvalue weighted by atomic mass is 16.5. The Balaban J connectivity index is 3.15. The number of aromatic nitrogens is 3. The fourth-order valence-electron chi connectivity index (χ4n) is 2.11. The Bertz CT molecular complexity index is 505. The van der Waals surface area contributed by atoms with Crippen LogP contribution >= 0.6 is 0 Å². The highest BCUT2D eigenvalue weighted by molar-refractivity contribution is 5.45. The monoisotopic (exact) mass is 418 g/mol. The lowest BCUT2D eigenvalue weighted by atomic mass is 10.4. The van der Waals surface area contributed by atoms with Crippen molar-refractivity contribution in [2.75, 3.05) is 68.3 Å². The van der Waals surface area contributed by atoms with E-state index in [2.05, 4.69) is 28.8 Å². The Morgan fingerprint density at radius 1 is 0.621 bits per heavy atom. The van der Waals surface area contributed by atoms with Gasteiger partial charge in [0.1, 0.15) is 40.4 Å². The largest absolute Gasteiger partial charge is 0.376 e. The molecule has 0 amide bonds. The first-order valence-electron chi connectivity index (χ1n) is 9.74. The summed E-state index contributed by atoms with van der Waals surface area (Å²) in [5, 5.41) is 37.8. The third kappa shape index (κ3) is 8.60. The van der Waals surface area contributed by atoms with E-state index in [9.17, 15) is 20.4 Å². The Hall–Kier alpha value is -1.83. The number of anilines is 3. The van der Waals surface area contributed by atoms with E-state index in [1.165, 1.54) is 0 Å². The summed E-state index contributed by atoms with van der Waals surface area (Å²) in [5.41, 5.74) is 0. The fraction of sp³-hybridized carbons (Fsp3) is 0.824. The number of ether oxygens (including phenoxy) is 2. The van der Waals surface area contributed by atoms with Gasteiger partial charge in [-0.15, -0.1) is 0 Å². The van der Waals surface area contributed by atoms with Crippen molar-refractivity contribution < 1.29 is 29.9 Å². The summed E-state index contributed by atoms with van der Waals surface area (Å²) >= 11 is 0. The molecule has 1 aromatic rings. The molecule has 12 nitrogen and oxygen atoms in total. The first-order valence-corrected chi connectivity index (χ1v) is 9.74. The molecule has 4 N–H and O–H groups in total. The SMILES string of the molecule is CCCCOCN(COCCCC)c1nc(N(CO)CO)nc(N(CO)CO)n1. The molecule has 29 heavy (non-hydrogen) atoms. The van der Waals surface area contributed by atoms with Gasteiger partial charge in [-0.05, 0) is 12.8 Å². The van der Waals surface area contributed by atoms with Gasteiger partial charge in [-0.1, -0.05) is 26.7 Å². The predicted molar refractivity (Wildman–Crippen MR) is 107 cm³/mol. The molecule has 0 aliphatic rings. The first kappa shape index (κ1) is 25.2. The van der Waals surface area contributed by atoms with Gasteiger partial charge in [0.25, 0.3) is 0 Å². The Kier molecular flexibility index (Phi) is 13.1. The molecule has 0 saturated heterocycles. The number of hydrogen-bond acceptors (Lipinski definition) is 12. The molecule has 0 aromatic carbocycles. The molecule has 0 saturated carbocycles. The zero-order valence-corrected chi connectivity index (χ0v) is 17.3. The molecule has 0 aliphatic carbocycles. The van der Waals surface area contributed by atoms with Gasteiger partial charge in [0.05, 0.1) is 0 Å². The molecule has 1 heterocycles. The van der Waals surface area contributed by atoms with Gasteiger partial charge < -0.3 is 29.9 Å². The second-order valence-corrected chi connectivity index (χ2v) is 6.20. The quantitative estimate of drug-likeness (QED) is 0.193. The summed E-state index contributed by atoms with van der Waals surface area (Å²) in [4.78, 5) is 16.5. The van der Waals surface area contributed by atoms with Crippen molar-refractivity contribution in [1.82, 2.24) is 15.0 Å². The van der Waals surface area contributed by atoms with E-state index in [-0.39, 0.29) is 31.3 Å². The minimum Gasteiger partial charge on any atom is -0.376 e. The van der Waals surface area contributed by atoms with Gasteiger partial charge in [-0.2, -0.15) is 15.0 Å². The fourth-order valence-corrected chi connectivity index (χ4v) is 2.11. The smallest absolute Gasteiger partial charge is 0.235 e. The van der Waals surface area contributed by atoms with Crippen LogP contribution in [0, 0.1) is 0 Å². The van der Waals surface area contributed by atoms with Gasteiger partial charge in [-0.25, -0.2) is 0 Å². The van der Waals surface area contributed by atoms with Gasteiger partial charge in [0, 0.05) is 13.2 Å². The maximum absolute atomic E-state index is 9.44. The van der Waals surface area contributed by atoms with Gasteiger partial charge in [0.2, 0.25) is 17.8 Å². The van der Waals surface area contributed by atoms with E-state index in [0.717, 1.165) is 35.5 Å². The first-order chi connectivity index (χ1) is 14.1. The number of aliphatic hydroxyl groups excluding tert-OH is 4. The normalized spacial score (nSPS) is 11.0. The molecule has 1 aromatic heterocycles. The van der Waals surface area contributed by atoms with Crippen LogP contribution in [0.5, 0.6) is 0 Å². The molecule has 0 aliphatic heterocycles. The zero-order valence-electron chi connectivity index (χ0n) is 17.3. The minimum absolute atomic E-state index is 0.0194. The number of nitrogens with zero attached hydrogens (tertiary/aromatic N) is 6. The lowest BCUT2D eigenvalue weighted by Gasteiger charge is -2.26. The maximum atomic E-state index is 9.44. The van der Waals surface area contributed by atoms with E-state index < -0.39 is 26.9 Å². The number of aliphatic hydroxyl groups is 4. The van der Waals surface area contributed by atoms with Crippen LogP contribution in [0.25, 0.3) is 0 Å². The van der Waals surface area contributed by atoms with Crippen LogP contribution in [0.15, 0.2) is 0 Å². The summed E-state index contributed by atoms with van der Waals surface area (Å²) in [7, 11) is 0. The standard InChI is InChI=1S/C17H34N6O6/c1-3-5-7-28-13-23(14-29-8-6-4-2)17-19-15(21(9-24)10-25)18-16(20-17)22(11-26)12-27/h24-27H,3-14H2,1-2H3. The average Bonchev–Trinajstić information content (AvgIpc) is 2.74. The topological polar surface area (TPSA) is 148 Å². The summed E-state index contributed by atoms with van der Waals surface area (Å²) in [6.07, 6.45) is 3.81. The van der Waals surface area contributed by atoms with Crippen LogP contribution in [0.4, 0.5) is 17.8 Å². The second-order valence-electron chi connectivity index (χ2n) is 6.20. The third-order valence-electron chi connectivity index (χ3n) is 3.91. The van der Waals surface area contributed by atoms with Crippen LogP contribution in [-0.4, -0.2) is 89.0 Å². The summed E-state index contributed by atoms with van der Waals surface area (Å²) in [6.45, 7) is 3.45. The molecular weight excluding hydrogens is 384 g/mol. The van der Waals surface area contributed by atoms with E-state index in [1.807, 2.05) is 0 Å². The second kappa shape index (κ2) is 15.1. The number of hydrogen-bond donors (Lipinski definition) is 4. The molecule has 168 valence electrons. The zero-order chi connectivity index (χ0) is 21.5. The van der Waals surface area contributed by atoms with E-state index in [4.69, 9.17) is 9.47 Å². The highest BCUT2D eigenvalue weighted by Gasteiger charge is 2.20. The lowest BCUT2D eigenvalue weighted by molar-refractivity contribution is 0.0811. The molecule has 0 radical (unpaired) electrons. The summed E-state index contributed by atoms with van der Waals surface area (Å²) < 4.78 is 11.3.